The average Bonchev–Trinajstić information content (AvgIpc) is 3.49. The van der Waals surface area contributed by atoms with E-state index in [1.54, 1.807) is 18.5 Å². The number of aryl methyl sites for hydroxylation is 1. The minimum absolute atomic E-state index is 0.0186. The Balaban J connectivity index is 1.37. The van der Waals surface area contributed by atoms with Gasteiger partial charge in [0.25, 0.3) is 0 Å². The molecule has 1 saturated carbocycles. The van der Waals surface area contributed by atoms with Crippen LogP contribution in [0.2, 0.25) is 0 Å². The standard InChI is InChI=1S/C28H34N4O3/c1-21-7-2-5-11-24(21)28(18-26(34)32(27(28)35)20-22-8-6-12-29-19-22)17-25(33)31-15-13-30(14-16-31)23-9-3-4-10-23/h2,5-8,11-12,19,23H,3-4,9-10,13-18,20H2,1H3. The van der Waals surface area contributed by atoms with E-state index in [4.69, 9.17) is 0 Å². The maximum absolute atomic E-state index is 13.9. The van der Waals surface area contributed by atoms with Crippen LogP contribution in [0.1, 0.15) is 55.2 Å². The molecule has 3 heterocycles. The second-order valence-electron chi connectivity index (χ2n) is 10.3. The van der Waals surface area contributed by atoms with E-state index in [1.807, 2.05) is 42.2 Å². The molecule has 0 N–H and O–H groups in total. The monoisotopic (exact) mass is 474 g/mol. The fraction of sp³-hybridized carbons (Fsp3) is 0.500. The van der Waals surface area contributed by atoms with Gasteiger partial charge in [0, 0.05) is 57.5 Å². The first-order chi connectivity index (χ1) is 17.0. The molecule has 0 radical (unpaired) electrons. The quantitative estimate of drug-likeness (QED) is 0.602. The smallest absolute Gasteiger partial charge is 0.241 e. The number of carbonyl (C=O) groups is 3. The minimum Gasteiger partial charge on any atom is -0.340 e. The molecule has 2 aromatic rings. The molecule has 5 rings (SSSR count). The number of benzene rings is 1. The fourth-order valence-corrected chi connectivity index (χ4v) is 6.16. The number of hydrogen-bond donors (Lipinski definition) is 0. The van der Waals surface area contributed by atoms with Crippen LogP contribution in [0.15, 0.2) is 48.8 Å². The van der Waals surface area contributed by atoms with Gasteiger partial charge in [0.1, 0.15) is 0 Å². The maximum atomic E-state index is 13.9. The molecule has 1 unspecified atom stereocenters. The zero-order valence-corrected chi connectivity index (χ0v) is 20.5. The number of likely N-dealkylation sites (tertiary alicyclic amines) is 1. The van der Waals surface area contributed by atoms with Gasteiger partial charge in [-0.2, -0.15) is 0 Å². The third-order valence-corrected chi connectivity index (χ3v) is 8.09. The summed E-state index contributed by atoms with van der Waals surface area (Å²) in [7, 11) is 0. The molecular weight excluding hydrogens is 440 g/mol. The van der Waals surface area contributed by atoms with E-state index in [1.165, 1.54) is 30.6 Å². The number of rotatable bonds is 6. The molecule has 7 heteroatoms. The number of amides is 3. The van der Waals surface area contributed by atoms with Gasteiger partial charge in [-0.15, -0.1) is 0 Å². The third-order valence-electron chi connectivity index (χ3n) is 8.09. The van der Waals surface area contributed by atoms with Gasteiger partial charge < -0.3 is 4.90 Å². The van der Waals surface area contributed by atoms with E-state index in [-0.39, 0.29) is 37.1 Å². The van der Waals surface area contributed by atoms with Crippen LogP contribution in [-0.2, 0) is 26.3 Å². The van der Waals surface area contributed by atoms with Crippen LogP contribution in [0, 0.1) is 6.92 Å². The summed E-state index contributed by atoms with van der Waals surface area (Å²) >= 11 is 0. The topological polar surface area (TPSA) is 73.8 Å². The molecule has 2 aliphatic heterocycles. The molecule has 1 aromatic carbocycles. The number of aromatic nitrogens is 1. The molecular formula is C28H34N4O3. The fourth-order valence-electron chi connectivity index (χ4n) is 6.16. The largest absolute Gasteiger partial charge is 0.340 e. The van der Waals surface area contributed by atoms with Gasteiger partial charge in [0.05, 0.1) is 12.0 Å². The lowest BCUT2D eigenvalue weighted by atomic mass is 9.74. The van der Waals surface area contributed by atoms with Crippen LogP contribution in [-0.4, -0.2) is 69.6 Å². The first-order valence-electron chi connectivity index (χ1n) is 12.8. The van der Waals surface area contributed by atoms with E-state index in [0.29, 0.717) is 19.1 Å². The van der Waals surface area contributed by atoms with Crippen molar-refractivity contribution in [2.24, 2.45) is 0 Å². The average molecular weight is 475 g/mol. The summed E-state index contributed by atoms with van der Waals surface area (Å²) in [5.74, 6) is -0.553. The summed E-state index contributed by atoms with van der Waals surface area (Å²) in [5.41, 5.74) is 1.34. The van der Waals surface area contributed by atoms with Crippen LogP contribution in [0.5, 0.6) is 0 Å². The highest BCUT2D eigenvalue weighted by Gasteiger charge is 2.54. The first-order valence-corrected chi connectivity index (χ1v) is 12.8. The summed E-state index contributed by atoms with van der Waals surface area (Å²) in [6, 6.07) is 12.0. The van der Waals surface area contributed by atoms with E-state index in [2.05, 4.69) is 9.88 Å². The lowest BCUT2D eigenvalue weighted by Crippen LogP contribution is -2.53. The van der Waals surface area contributed by atoms with Crippen LogP contribution in [0.4, 0.5) is 0 Å². The summed E-state index contributed by atoms with van der Waals surface area (Å²) in [4.78, 5) is 50.6. The minimum atomic E-state index is -1.16. The summed E-state index contributed by atoms with van der Waals surface area (Å²) in [6.07, 6.45) is 8.49. The lowest BCUT2D eigenvalue weighted by Gasteiger charge is -2.39. The van der Waals surface area contributed by atoms with Crippen LogP contribution < -0.4 is 0 Å². The molecule has 1 aromatic heterocycles. The van der Waals surface area contributed by atoms with Gasteiger partial charge in [-0.3, -0.25) is 29.2 Å². The Kier molecular flexibility index (Phi) is 6.69. The first kappa shape index (κ1) is 23.7. The summed E-state index contributed by atoms with van der Waals surface area (Å²) in [5, 5.41) is 0. The van der Waals surface area contributed by atoms with Crippen molar-refractivity contribution in [3.8, 4) is 0 Å². The van der Waals surface area contributed by atoms with Crippen molar-refractivity contribution < 1.29 is 14.4 Å². The highest BCUT2D eigenvalue weighted by atomic mass is 16.2. The summed E-state index contributed by atoms with van der Waals surface area (Å²) < 4.78 is 0. The van der Waals surface area contributed by atoms with Gasteiger partial charge in [0.15, 0.2) is 0 Å². The third kappa shape index (κ3) is 4.61. The second-order valence-corrected chi connectivity index (χ2v) is 10.3. The Morgan fingerprint density at radius 3 is 2.46 bits per heavy atom. The Morgan fingerprint density at radius 2 is 1.77 bits per heavy atom. The second kappa shape index (κ2) is 9.90. The number of imide groups is 1. The van der Waals surface area contributed by atoms with Gasteiger partial charge in [-0.25, -0.2) is 0 Å². The Bertz CT molecular complexity index is 1090. The zero-order valence-electron chi connectivity index (χ0n) is 20.5. The van der Waals surface area contributed by atoms with E-state index in [0.717, 1.165) is 29.8 Å². The molecule has 2 saturated heterocycles. The molecule has 0 spiro atoms. The Hall–Kier alpha value is -3.06. The molecule has 1 aliphatic carbocycles. The van der Waals surface area contributed by atoms with Crippen molar-refractivity contribution >= 4 is 17.7 Å². The highest BCUT2D eigenvalue weighted by Crippen LogP contribution is 2.42. The Labute approximate surface area is 207 Å². The van der Waals surface area contributed by atoms with Crippen LogP contribution >= 0.6 is 0 Å². The predicted molar refractivity (Wildman–Crippen MR) is 132 cm³/mol. The molecule has 0 bridgehead atoms. The van der Waals surface area contributed by atoms with Crippen molar-refractivity contribution in [1.29, 1.82) is 0 Å². The van der Waals surface area contributed by atoms with Crippen molar-refractivity contribution in [1.82, 2.24) is 19.7 Å². The van der Waals surface area contributed by atoms with Gasteiger partial charge in [0.2, 0.25) is 17.7 Å². The van der Waals surface area contributed by atoms with Crippen LogP contribution in [0.3, 0.4) is 0 Å². The van der Waals surface area contributed by atoms with Crippen molar-refractivity contribution in [2.45, 2.75) is 63.5 Å². The van der Waals surface area contributed by atoms with Crippen LogP contribution in [0.25, 0.3) is 0 Å². The molecule has 1 atom stereocenters. The van der Waals surface area contributed by atoms with E-state index >= 15 is 0 Å². The number of pyridine rings is 1. The molecule has 3 aliphatic rings. The molecule has 3 amide bonds. The molecule has 3 fully saturated rings. The van der Waals surface area contributed by atoms with Crippen molar-refractivity contribution in [3.05, 3.63) is 65.5 Å². The van der Waals surface area contributed by atoms with E-state index < -0.39 is 5.41 Å². The predicted octanol–water partition coefficient (Wildman–Crippen LogP) is 3.06. The molecule has 35 heavy (non-hydrogen) atoms. The highest BCUT2D eigenvalue weighted by molar-refractivity contribution is 6.10. The molecule has 184 valence electrons. The van der Waals surface area contributed by atoms with Gasteiger partial charge in [-0.1, -0.05) is 43.2 Å². The number of carbonyl (C=O) groups excluding carboxylic acids is 3. The van der Waals surface area contributed by atoms with Gasteiger partial charge in [-0.05, 0) is 42.5 Å². The number of hydrogen-bond acceptors (Lipinski definition) is 5. The van der Waals surface area contributed by atoms with Crippen molar-refractivity contribution in [3.63, 3.8) is 0 Å². The zero-order chi connectivity index (χ0) is 24.4. The normalized spacial score (nSPS) is 23.9. The SMILES string of the molecule is Cc1ccccc1C1(CC(=O)N2CCN(C3CCCC3)CC2)CC(=O)N(Cc2cccnc2)C1=O. The summed E-state index contributed by atoms with van der Waals surface area (Å²) in [6.45, 7) is 5.25. The maximum Gasteiger partial charge on any atom is 0.241 e. The lowest BCUT2D eigenvalue weighted by molar-refractivity contribution is -0.143. The number of piperazine rings is 1. The molecule has 7 nitrogen and oxygen atoms in total. The van der Waals surface area contributed by atoms with Crippen molar-refractivity contribution in [2.75, 3.05) is 26.2 Å². The number of nitrogens with zero attached hydrogens (tertiary/aromatic N) is 4. The van der Waals surface area contributed by atoms with E-state index in [9.17, 15) is 14.4 Å². The van der Waals surface area contributed by atoms with Gasteiger partial charge >= 0.3 is 0 Å². The Morgan fingerprint density at radius 1 is 1.03 bits per heavy atom.